The molecule has 0 unspecified atom stereocenters. The molecule has 0 fully saturated rings. The fourth-order valence-electron chi connectivity index (χ4n) is 1.29. The van der Waals surface area contributed by atoms with Crippen LogP contribution >= 0.6 is 23.4 Å². The minimum Gasteiger partial charge on any atom is -0.311 e. The third-order valence-electron chi connectivity index (χ3n) is 2.25. The number of thioether (sulfide) groups is 1. The molecule has 0 saturated carbocycles. The lowest BCUT2D eigenvalue weighted by Gasteiger charge is -2.10. The van der Waals surface area contributed by atoms with E-state index in [9.17, 15) is 0 Å². The first-order valence-electron chi connectivity index (χ1n) is 5.80. The molecule has 0 atom stereocenters. The first-order valence-corrected chi connectivity index (χ1v) is 7.33. The van der Waals surface area contributed by atoms with E-state index in [0.29, 0.717) is 6.04 Å². The van der Waals surface area contributed by atoms with E-state index in [-0.39, 0.29) is 0 Å². The van der Waals surface area contributed by atoms with E-state index in [1.807, 2.05) is 23.9 Å². The number of nitrogens with one attached hydrogen (secondary N) is 1. The second-order valence-electron chi connectivity index (χ2n) is 4.40. The van der Waals surface area contributed by atoms with Crippen LogP contribution in [0.15, 0.2) is 36.4 Å². The van der Waals surface area contributed by atoms with Gasteiger partial charge in [0, 0.05) is 29.1 Å². The van der Waals surface area contributed by atoms with Gasteiger partial charge in [0.1, 0.15) is 0 Å². The van der Waals surface area contributed by atoms with Gasteiger partial charge in [0.25, 0.3) is 0 Å². The van der Waals surface area contributed by atoms with Crippen molar-refractivity contribution in [2.24, 2.45) is 0 Å². The third-order valence-corrected chi connectivity index (χ3v) is 3.65. The Kier molecular flexibility index (Phi) is 6.71. The SMILES string of the molecule is C=C(CNC(C)C)CSCc1ccc(Cl)cc1. The number of rotatable bonds is 7. The minimum absolute atomic E-state index is 0.521. The molecule has 0 aliphatic rings. The summed E-state index contributed by atoms with van der Waals surface area (Å²) in [4.78, 5) is 0. The van der Waals surface area contributed by atoms with Crippen molar-refractivity contribution in [3.63, 3.8) is 0 Å². The topological polar surface area (TPSA) is 12.0 Å². The molecular formula is C14H20ClNS. The number of halogens is 1. The Balaban J connectivity index is 2.19. The van der Waals surface area contributed by atoms with E-state index in [4.69, 9.17) is 11.6 Å². The average molecular weight is 270 g/mol. The molecule has 1 N–H and O–H groups in total. The third kappa shape index (κ3) is 6.77. The monoisotopic (exact) mass is 269 g/mol. The van der Waals surface area contributed by atoms with Crippen LogP contribution in [0.4, 0.5) is 0 Å². The average Bonchev–Trinajstić information content (AvgIpc) is 2.29. The van der Waals surface area contributed by atoms with Crippen LogP contribution in [-0.2, 0) is 5.75 Å². The van der Waals surface area contributed by atoms with E-state index in [0.717, 1.165) is 23.1 Å². The second-order valence-corrected chi connectivity index (χ2v) is 5.83. The summed E-state index contributed by atoms with van der Waals surface area (Å²) in [6, 6.07) is 8.54. The van der Waals surface area contributed by atoms with Crippen LogP contribution in [0.5, 0.6) is 0 Å². The van der Waals surface area contributed by atoms with E-state index < -0.39 is 0 Å². The Morgan fingerprint density at radius 2 is 2.00 bits per heavy atom. The van der Waals surface area contributed by atoms with Crippen LogP contribution in [0.25, 0.3) is 0 Å². The molecule has 0 aliphatic carbocycles. The summed E-state index contributed by atoms with van der Waals surface area (Å²) in [6.07, 6.45) is 0. The number of benzene rings is 1. The van der Waals surface area contributed by atoms with E-state index in [1.165, 1.54) is 11.1 Å². The van der Waals surface area contributed by atoms with Crippen molar-refractivity contribution in [1.29, 1.82) is 0 Å². The zero-order valence-corrected chi connectivity index (χ0v) is 12.1. The molecule has 1 aromatic carbocycles. The summed E-state index contributed by atoms with van der Waals surface area (Å²) < 4.78 is 0. The van der Waals surface area contributed by atoms with Gasteiger partial charge in [-0.2, -0.15) is 11.8 Å². The van der Waals surface area contributed by atoms with E-state index in [1.54, 1.807) is 0 Å². The molecule has 94 valence electrons. The first-order chi connectivity index (χ1) is 8.08. The lowest BCUT2D eigenvalue weighted by molar-refractivity contribution is 0.623. The fourth-order valence-corrected chi connectivity index (χ4v) is 2.34. The summed E-state index contributed by atoms with van der Waals surface area (Å²) in [7, 11) is 0. The Labute approximate surface area is 114 Å². The number of hydrogen-bond donors (Lipinski definition) is 1. The van der Waals surface area contributed by atoms with Crippen molar-refractivity contribution in [3.8, 4) is 0 Å². The van der Waals surface area contributed by atoms with Crippen LogP contribution in [0.2, 0.25) is 5.02 Å². The molecule has 0 amide bonds. The molecular weight excluding hydrogens is 250 g/mol. The maximum Gasteiger partial charge on any atom is 0.0406 e. The smallest absolute Gasteiger partial charge is 0.0406 e. The molecule has 1 rings (SSSR count). The standard InChI is InChI=1S/C14H20ClNS/c1-11(2)16-8-12(3)9-17-10-13-4-6-14(15)7-5-13/h4-7,11,16H,3,8-10H2,1-2H3. The summed E-state index contributed by atoms with van der Waals surface area (Å²) in [6.45, 7) is 9.27. The van der Waals surface area contributed by atoms with Gasteiger partial charge in [-0.05, 0) is 17.7 Å². The highest BCUT2D eigenvalue weighted by Crippen LogP contribution is 2.16. The van der Waals surface area contributed by atoms with Crippen molar-refractivity contribution < 1.29 is 0 Å². The largest absolute Gasteiger partial charge is 0.311 e. The van der Waals surface area contributed by atoms with Gasteiger partial charge in [0.05, 0.1) is 0 Å². The molecule has 0 radical (unpaired) electrons. The predicted octanol–water partition coefficient (Wildman–Crippen LogP) is 4.13. The molecule has 0 bridgehead atoms. The van der Waals surface area contributed by atoms with Gasteiger partial charge in [-0.15, -0.1) is 0 Å². The van der Waals surface area contributed by atoms with Crippen molar-refractivity contribution in [2.75, 3.05) is 12.3 Å². The lowest BCUT2D eigenvalue weighted by atomic mass is 10.2. The molecule has 0 spiro atoms. The highest BCUT2D eigenvalue weighted by Gasteiger charge is 1.98. The van der Waals surface area contributed by atoms with Crippen LogP contribution in [-0.4, -0.2) is 18.3 Å². The Hall–Kier alpha value is -0.440. The van der Waals surface area contributed by atoms with Crippen LogP contribution in [0.1, 0.15) is 19.4 Å². The van der Waals surface area contributed by atoms with Crippen molar-refractivity contribution in [2.45, 2.75) is 25.6 Å². The Morgan fingerprint density at radius 3 is 2.59 bits per heavy atom. The zero-order chi connectivity index (χ0) is 12.7. The van der Waals surface area contributed by atoms with Gasteiger partial charge in [-0.3, -0.25) is 0 Å². The lowest BCUT2D eigenvalue weighted by Crippen LogP contribution is -2.25. The summed E-state index contributed by atoms with van der Waals surface area (Å²) >= 11 is 7.73. The van der Waals surface area contributed by atoms with Crippen LogP contribution < -0.4 is 5.32 Å². The summed E-state index contributed by atoms with van der Waals surface area (Å²) in [5, 5.41) is 4.17. The first kappa shape index (κ1) is 14.6. The molecule has 3 heteroatoms. The highest BCUT2D eigenvalue weighted by atomic mass is 35.5. The van der Waals surface area contributed by atoms with Gasteiger partial charge < -0.3 is 5.32 Å². The van der Waals surface area contributed by atoms with Gasteiger partial charge in [0.15, 0.2) is 0 Å². The summed E-state index contributed by atoms with van der Waals surface area (Å²) in [5.74, 6) is 2.01. The minimum atomic E-state index is 0.521. The maximum absolute atomic E-state index is 5.84. The predicted molar refractivity (Wildman–Crippen MR) is 79.9 cm³/mol. The van der Waals surface area contributed by atoms with Gasteiger partial charge in [-0.1, -0.05) is 49.7 Å². The second kappa shape index (κ2) is 7.80. The highest BCUT2D eigenvalue weighted by molar-refractivity contribution is 7.98. The van der Waals surface area contributed by atoms with Gasteiger partial charge in [-0.25, -0.2) is 0 Å². The van der Waals surface area contributed by atoms with Crippen molar-refractivity contribution in [3.05, 3.63) is 47.0 Å². The van der Waals surface area contributed by atoms with Gasteiger partial charge >= 0.3 is 0 Å². The normalized spacial score (nSPS) is 10.8. The molecule has 0 aromatic heterocycles. The summed E-state index contributed by atoms with van der Waals surface area (Å²) in [5.41, 5.74) is 2.56. The Morgan fingerprint density at radius 1 is 1.35 bits per heavy atom. The van der Waals surface area contributed by atoms with Crippen LogP contribution in [0.3, 0.4) is 0 Å². The zero-order valence-electron chi connectivity index (χ0n) is 10.5. The molecule has 0 aliphatic heterocycles. The maximum atomic E-state index is 5.84. The molecule has 0 heterocycles. The Bertz CT molecular complexity index is 346. The van der Waals surface area contributed by atoms with Crippen LogP contribution in [0, 0.1) is 0 Å². The molecule has 17 heavy (non-hydrogen) atoms. The molecule has 1 aromatic rings. The van der Waals surface area contributed by atoms with Crippen molar-refractivity contribution in [1.82, 2.24) is 5.32 Å². The van der Waals surface area contributed by atoms with E-state index in [2.05, 4.69) is 37.9 Å². The van der Waals surface area contributed by atoms with Crippen molar-refractivity contribution >= 4 is 23.4 Å². The fraction of sp³-hybridized carbons (Fsp3) is 0.429. The molecule has 1 nitrogen and oxygen atoms in total. The molecule has 0 saturated heterocycles. The quantitative estimate of drug-likeness (QED) is 0.747. The van der Waals surface area contributed by atoms with Gasteiger partial charge in [0.2, 0.25) is 0 Å². The number of hydrogen-bond acceptors (Lipinski definition) is 2. The van der Waals surface area contributed by atoms with E-state index >= 15 is 0 Å².